The molecule has 1 aliphatic rings. The van der Waals surface area contributed by atoms with Crippen molar-refractivity contribution in [2.24, 2.45) is 0 Å². The standard InChI is InChI=1S/C15H18F3N3O2/c1-20(14(23)19-10-15(16,17)18)12-8-5-9-21(13(12)22)11-6-3-2-4-7-11/h2-4,6-7,12H,5,8-10H2,1H3,(H,19,23)/t12-/m1/s1. The van der Waals surface area contributed by atoms with Crippen molar-refractivity contribution in [3.05, 3.63) is 30.3 Å². The van der Waals surface area contributed by atoms with E-state index in [2.05, 4.69) is 0 Å². The molecule has 1 N–H and O–H groups in total. The van der Waals surface area contributed by atoms with Gasteiger partial charge in [-0.3, -0.25) is 4.79 Å². The number of rotatable bonds is 3. The van der Waals surface area contributed by atoms with Crippen molar-refractivity contribution in [3.8, 4) is 0 Å². The second-order valence-electron chi connectivity index (χ2n) is 5.37. The molecule has 1 atom stereocenters. The van der Waals surface area contributed by atoms with Gasteiger partial charge >= 0.3 is 12.2 Å². The summed E-state index contributed by atoms with van der Waals surface area (Å²) in [5.74, 6) is -0.285. The Hall–Kier alpha value is -2.25. The number of nitrogens with one attached hydrogen (secondary N) is 1. The van der Waals surface area contributed by atoms with Crippen LogP contribution in [0.4, 0.5) is 23.7 Å². The summed E-state index contributed by atoms with van der Waals surface area (Å²) >= 11 is 0. The lowest BCUT2D eigenvalue weighted by atomic mass is 10.0. The summed E-state index contributed by atoms with van der Waals surface area (Å²) in [7, 11) is 1.34. The normalized spacial score (nSPS) is 18.7. The number of halogens is 3. The number of nitrogens with zero attached hydrogens (tertiary/aromatic N) is 2. The summed E-state index contributed by atoms with van der Waals surface area (Å²) in [6, 6.07) is 7.31. The third-order valence-corrected chi connectivity index (χ3v) is 3.71. The molecular weight excluding hydrogens is 311 g/mol. The lowest BCUT2D eigenvalue weighted by molar-refractivity contribution is -0.125. The number of hydrogen-bond donors (Lipinski definition) is 1. The number of hydrogen-bond acceptors (Lipinski definition) is 2. The molecule has 126 valence electrons. The minimum atomic E-state index is -4.48. The Bertz CT molecular complexity index is 563. The molecule has 0 radical (unpaired) electrons. The highest BCUT2D eigenvalue weighted by molar-refractivity contribution is 5.99. The number of carbonyl (C=O) groups excluding carboxylic acids is 2. The van der Waals surface area contributed by atoms with Gasteiger partial charge in [0.2, 0.25) is 5.91 Å². The number of para-hydroxylation sites is 1. The Kier molecular flexibility index (Phi) is 5.12. The Morgan fingerprint density at radius 3 is 2.61 bits per heavy atom. The van der Waals surface area contributed by atoms with Crippen molar-refractivity contribution in [2.75, 3.05) is 25.0 Å². The van der Waals surface area contributed by atoms with E-state index in [1.165, 1.54) is 7.05 Å². The monoisotopic (exact) mass is 329 g/mol. The van der Waals surface area contributed by atoms with Gasteiger partial charge in [0.25, 0.3) is 0 Å². The zero-order valence-corrected chi connectivity index (χ0v) is 12.6. The van der Waals surface area contributed by atoms with Gasteiger partial charge in [0.15, 0.2) is 0 Å². The van der Waals surface area contributed by atoms with Crippen LogP contribution >= 0.6 is 0 Å². The molecule has 8 heteroatoms. The summed E-state index contributed by atoms with van der Waals surface area (Å²) in [6.45, 7) is -0.892. The van der Waals surface area contributed by atoms with Crippen LogP contribution < -0.4 is 10.2 Å². The molecule has 3 amide bonds. The third kappa shape index (κ3) is 4.37. The zero-order valence-electron chi connectivity index (χ0n) is 12.6. The second-order valence-corrected chi connectivity index (χ2v) is 5.37. The first-order valence-electron chi connectivity index (χ1n) is 7.23. The summed E-state index contributed by atoms with van der Waals surface area (Å²) < 4.78 is 36.5. The van der Waals surface area contributed by atoms with Gasteiger partial charge in [0.1, 0.15) is 12.6 Å². The Morgan fingerprint density at radius 2 is 2.00 bits per heavy atom. The maximum absolute atomic E-state index is 12.6. The van der Waals surface area contributed by atoms with Crippen molar-refractivity contribution in [1.29, 1.82) is 0 Å². The summed E-state index contributed by atoms with van der Waals surface area (Å²) in [5, 5.41) is 1.79. The Balaban J connectivity index is 2.04. The molecule has 1 aromatic rings. The second kappa shape index (κ2) is 6.89. The number of anilines is 1. The van der Waals surface area contributed by atoms with E-state index in [0.717, 1.165) is 4.90 Å². The molecule has 0 aliphatic carbocycles. The van der Waals surface area contributed by atoms with Gasteiger partial charge in [-0.25, -0.2) is 4.79 Å². The molecule has 0 bridgehead atoms. The fraction of sp³-hybridized carbons (Fsp3) is 0.467. The predicted molar refractivity (Wildman–Crippen MR) is 79.0 cm³/mol. The van der Waals surface area contributed by atoms with Crippen molar-refractivity contribution < 1.29 is 22.8 Å². The van der Waals surface area contributed by atoms with Crippen molar-refractivity contribution in [2.45, 2.75) is 25.1 Å². The average Bonchev–Trinajstić information content (AvgIpc) is 2.52. The number of piperidine rings is 1. The van der Waals surface area contributed by atoms with Crippen LogP contribution in [0, 0.1) is 0 Å². The van der Waals surface area contributed by atoms with E-state index in [1.807, 2.05) is 6.07 Å². The number of amides is 3. The van der Waals surface area contributed by atoms with Crippen LogP contribution in [-0.4, -0.2) is 49.2 Å². The molecule has 23 heavy (non-hydrogen) atoms. The maximum Gasteiger partial charge on any atom is 0.405 e. The smallest absolute Gasteiger partial charge is 0.329 e. The van der Waals surface area contributed by atoms with Crippen molar-refractivity contribution in [3.63, 3.8) is 0 Å². The Labute approximate surface area is 132 Å². The first-order chi connectivity index (χ1) is 10.8. The lowest BCUT2D eigenvalue weighted by Gasteiger charge is -2.36. The molecule has 1 heterocycles. The molecule has 1 saturated heterocycles. The van der Waals surface area contributed by atoms with Crippen LogP contribution in [0.1, 0.15) is 12.8 Å². The molecule has 0 aromatic heterocycles. The molecule has 0 spiro atoms. The first-order valence-corrected chi connectivity index (χ1v) is 7.23. The van der Waals surface area contributed by atoms with Gasteiger partial charge in [-0.1, -0.05) is 18.2 Å². The fourth-order valence-electron chi connectivity index (χ4n) is 2.52. The van der Waals surface area contributed by atoms with Crippen LogP contribution in [0.3, 0.4) is 0 Å². The average molecular weight is 329 g/mol. The summed E-state index contributed by atoms with van der Waals surface area (Å²) in [6.07, 6.45) is -3.39. The quantitative estimate of drug-likeness (QED) is 0.926. The highest BCUT2D eigenvalue weighted by Gasteiger charge is 2.35. The highest BCUT2D eigenvalue weighted by atomic mass is 19.4. The first kappa shape index (κ1) is 17.1. The molecule has 1 aliphatic heterocycles. The van der Waals surface area contributed by atoms with E-state index in [0.29, 0.717) is 25.1 Å². The third-order valence-electron chi connectivity index (χ3n) is 3.71. The van der Waals surface area contributed by atoms with Crippen LogP contribution in [-0.2, 0) is 4.79 Å². The van der Waals surface area contributed by atoms with Gasteiger partial charge < -0.3 is 15.1 Å². The number of urea groups is 1. The molecule has 2 rings (SSSR count). The fourth-order valence-corrected chi connectivity index (χ4v) is 2.52. The van der Waals surface area contributed by atoms with E-state index in [4.69, 9.17) is 0 Å². The topological polar surface area (TPSA) is 52.7 Å². The van der Waals surface area contributed by atoms with E-state index < -0.39 is 24.8 Å². The maximum atomic E-state index is 12.6. The largest absolute Gasteiger partial charge is 0.405 e. The molecule has 1 fully saturated rings. The van der Waals surface area contributed by atoms with Gasteiger partial charge in [-0.05, 0) is 25.0 Å². The van der Waals surface area contributed by atoms with Crippen LogP contribution in [0.15, 0.2) is 30.3 Å². The number of alkyl halides is 3. The van der Waals surface area contributed by atoms with Crippen LogP contribution in [0.5, 0.6) is 0 Å². The summed E-state index contributed by atoms with van der Waals surface area (Å²) in [4.78, 5) is 27.0. The number of benzene rings is 1. The minimum Gasteiger partial charge on any atom is -0.329 e. The van der Waals surface area contributed by atoms with Gasteiger partial charge in [0.05, 0.1) is 0 Å². The van der Waals surface area contributed by atoms with Crippen LogP contribution in [0.2, 0.25) is 0 Å². The van der Waals surface area contributed by atoms with Gasteiger partial charge in [-0.2, -0.15) is 13.2 Å². The van der Waals surface area contributed by atoms with E-state index in [1.54, 1.807) is 34.5 Å². The predicted octanol–water partition coefficient (Wildman–Crippen LogP) is 2.39. The lowest BCUT2D eigenvalue weighted by Crippen LogP contribution is -2.55. The summed E-state index contributed by atoms with van der Waals surface area (Å²) in [5.41, 5.74) is 0.714. The molecular formula is C15H18F3N3O2. The minimum absolute atomic E-state index is 0.285. The molecule has 0 saturated carbocycles. The van der Waals surface area contributed by atoms with Gasteiger partial charge in [0, 0.05) is 19.3 Å². The Morgan fingerprint density at radius 1 is 1.35 bits per heavy atom. The van der Waals surface area contributed by atoms with E-state index in [9.17, 15) is 22.8 Å². The molecule has 1 aromatic carbocycles. The van der Waals surface area contributed by atoms with E-state index in [-0.39, 0.29) is 5.91 Å². The molecule has 0 unspecified atom stereocenters. The van der Waals surface area contributed by atoms with Crippen molar-refractivity contribution in [1.82, 2.24) is 10.2 Å². The number of carbonyl (C=O) groups is 2. The SMILES string of the molecule is CN(C(=O)NCC(F)(F)F)[C@@H]1CCCN(c2ccccc2)C1=O. The highest BCUT2D eigenvalue weighted by Crippen LogP contribution is 2.23. The van der Waals surface area contributed by atoms with E-state index >= 15 is 0 Å². The number of likely N-dealkylation sites (N-methyl/N-ethyl adjacent to an activating group) is 1. The zero-order chi connectivity index (χ0) is 17.0. The molecule has 5 nitrogen and oxygen atoms in total. The van der Waals surface area contributed by atoms with Gasteiger partial charge in [-0.15, -0.1) is 0 Å². The van der Waals surface area contributed by atoms with Crippen LogP contribution in [0.25, 0.3) is 0 Å². The van der Waals surface area contributed by atoms with Crippen molar-refractivity contribution >= 4 is 17.6 Å².